The van der Waals surface area contributed by atoms with E-state index in [9.17, 15) is 24.0 Å². The lowest BCUT2D eigenvalue weighted by Gasteiger charge is -2.33. The van der Waals surface area contributed by atoms with Gasteiger partial charge in [-0.3, -0.25) is 19.2 Å². The summed E-state index contributed by atoms with van der Waals surface area (Å²) < 4.78 is 10.2. The first-order chi connectivity index (χ1) is 19.3. The van der Waals surface area contributed by atoms with E-state index in [1.807, 2.05) is 6.07 Å². The summed E-state index contributed by atoms with van der Waals surface area (Å²) in [5.74, 6) is -1.47. The number of hydrogen-bond donors (Lipinski definition) is 4. The molecule has 4 N–H and O–H groups in total. The maximum absolute atomic E-state index is 12.6. The minimum Gasteiger partial charge on any atom is -0.460 e. The van der Waals surface area contributed by atoms with Crippen molar-refractivity contribution >= 4 is 57.3 Å². The summed E-state index contributed by atoms with van der Waals surface area (Å²) in [5.41, 5.74) is 1.05. The average molecular weight is 641 g/mol. The Morgan fingerprint density at radius 1 is 1.05 bits per heavy atom. The number of nitrogens with one attached hydrogen (secondary N) is 4. The van der Waals surface area contributed by atoms with Gasteiger partial charge in [0, 0.05) is 61.1 Å². The number of carbonyl (C=O) groups is 5. The third-order valence-corrected chi connectivity index (χ3v) is 6.43. The molecule has 0 unspecified atom stereocenters. The summed E-state index contributed by atoms with van der Waals surface area (Å²) in [4.78, 5) is 60.2. The molecule has 3 amide bonds. The van der Waals surface area contributed by atoms with Gasteiger partial charge in [-0.15, -0.1) is 0 Å². The van der Waals surface area contributed by atoms with Crippen molar-refractivity contribution in [3.05, 3.63) is 28.2 Å². The highest BCUT2D eigenvalue weighted by Gasteiger charge is 2.28. The third kappa shape index (κ3) is 13.7. The molecule has 1 aromatic carbocycles. The zero-order valence-electron chi connectivity index (χ0n) is 24.4. The van der Waals surface area contributed by atoms with Crippen LogP contribution in [0.4, 0.5) is 5.69 Å². The van der Waals surface area contributed by atoms with E-state index < -0.39 is 23.4 Å². The van der Waals surface area contributed by atoms with Crippen molar-refractivity contribution in [3.63, 3.8) is 0 Å². The van der Waals surface area contributed by atoms with Crippen LogP contribution in [-0.4, -0.2) is 93.1 Å². The van der Waals surface area contributed by atoms with Crippen molar-refractivity contribution in [3.8, 4) is 0 Å². The SMILES string of the molecule is CC(C)(C)OC(=O)CCC(=O)N1CCC(C(=N)c2c(Br)cccc2NCC(=O)NCC(=O)NCC=O)CC1.COC. The van der Waals surface area contributed by atoms with Gasteiger partial charge in [0.1, 0.15) is 11.9 Å². The number of benzene rings is 1. The van der Waals surface area contributed by atoms with Crippen molar-refractivity contribution in [1.82, 2.24) is 15.5 Å². The van der Waals surface area contributed by atoms with Gasteiger partial charge >= 0.3 is 5.97 Å². The Balaban J connectivity index is 0.00000268. The topological polar surface area (TPSA) is 167 Å². The number of anilines is 1. The van der Waals surface area contributed by atoms with E-state index in [1.54, 1.807) is 52.0 Å². The number of likely N-dealkylation sites (tertiary alicyclic amines) is 1. The lowest BCUT2D eigenvalue weighted by atomic mass is 9.87. The van der Waals surface area contributed by atoms with Crippen LogP contribution in [0.3, 0.4) is 0 Å². The Kier molecular flexibility index (Phi) is 15.8. The van der Waals surface area contributed by atoms with Gasteiger partial charge in [0.15, 0.2) is 0 Å². The third-order valence-electron chi connectivity index (χ3n) is 5.77. The van der Waals surface area contributed by atoms with E-state index in [1.165, 1.54) is 0 Å². The minimum absolute atomic E-state index is 0.0365. The van der Waals surface area contributed by atoms with Crippen molar-refractivity contribution in [2.75, 3.05) is 52.3 Å². The van der Waals surface area contributed by atoms with Crippen LogP contribution < -0.4 is 16.0 Å². The van der Waals surface area contributed by atoms with Crippen LogP contribution >= 0.6 is 15.9 Å². The summed E-state index contributed by atoms with van der Waals surface area (Å²) in [6.45, 7) is 5.86. The highest BCUT2D eigenvalue weighted by atomic mass is 79.9. The summed E-state index contributed by atoms with van der Waals surface area (Å²) >= 11 is 3.51. The van der Waals surface area contributed by atoms with Gasteiger partial charge in [-0.25, -0.2) is 0 Å². The molecule has 1 aromatic rings. The first kappa shape index (κ1) is 35.7. The number of halogens is 1. The van der Waals surface area contributed by atoms with Crippen LogP contribution in [-0.2, 0) is 33.4 Å². The lowest BCUT2D eigenvalue weighted by Crippen LogP contribution is -2.41. The molecule has 0 atom stereocenters. The molecule has 0 aromatic heterocycles. The molecule has 1 fully saturated rings. The number of piperidine rings is 1. The van der Waals surface area contributed by atoms with Gasteiger partial charge in [0.2, 0.25) is 17.7 Å². The van der Waals surface area contributed by atoms with Crippen molar-refractivity contribution in [2.24, 2.45) is 5.92 Å². The van der Waals surface area contributed by atoms with Gasteiger partial charge in [-0.2, -0.15) is 0 Å². The summed E-state index contributed by atoms with van der Waals surface area (Å²) in [6.07, 6.45) is 1.90. The molecule has 1 heterocycles. The van der Waals surface area contributed by atoms with E-state index in [2.05, 4.69) is 36.6 Å². The second-order valence-corrected chi connectivity index (χ2v) is 11.2. The Morgan fingerprint density at radius 3 is 2.24 bits per heavy atom. The Bertz CT molecular complexity index is 1070. The second-order valence-electron chi connectivity index (χ2n) is 10.3. The molecule has 0 radical (unpaired) electrons. The Morgan fingerprint density at radius 2 is 1.66 bits per heavy atom. The number of rotatable bonds is 12. The predicted octanol–water partition coefficient (Wildman–Crippen LogP) is 2.28. The zero-order chi connectivity index (χ0) is 31.0. The molecule has 1 aliphatic rings. The highest BCUT2D eigenvalue weighted by molar-refractivity contribution is 9.10. The van der Waals surface area contributed by atoms with Crippen molar-refractivity contribution in [2.45, 2.75) is 52.1 Å². The first-order valence-corrected chi connectivity index (χ1v) is 14.1. The second kappa shape index (κ2) is 18.2. The minimum atomic E-state index is -0.587. The maximum Gasteiger partial charge on any atom is 0.306 e. The fourth-order valence-corrected chi connectivity index (χ4v) is 4.54. The average Bonchev–Trinajstić information content (AvgIpc) is 2.91. The van der Waals surface area contributed by atoms with Crippen LogP contribution in [0.5, 0.6) is 0 Å². The monoisotopic (exact) mass is 639 g/mol. The first-order valence-electron chi connectivity index (χ1n) is 13.3. The molecule has 41 heavy (non-hydrogen) atoms. The zero-order valence-corrected chi connectivity index (χ0v) is 26.0. The van der Waals surface area contributed by atoms with Crippen LogP contribution in [0.2, 0.25) is 0 Å². The quantitative estimate of drug-likeness (QED) is 0.153. The van der Waals surface area contributed by atoms with E-state index in [0.717, 1.165) is 0 Å². The van der Waals surface area contributed by atoms with Gasteiger partial charge < -0.3 is 40.5 Å². The van der Waals surface area contributed by atoms with Crippen LogP contribution in [0.15, 0.2) is 22.7 Å². The van der Waals surface area contributed by atoms with E-state index >= 15 is 0 Å². The van der Waals surface area contributed by atoms with Gasteiger partial charge in [-0.1, -0.05) is 22.0 Å². The van der Waals surface area contributed by atoms with Crippen LogP contribution in [0.25, 0.3) is 0 Å². The molecule has 0 bridgehead atoms. The van der Waals surface area contributed by atoms with Gasteiger partial charge in [-0.05, 0) is 45.7 Å². The molecular weight excluding hydrogens is 598 g/mol. The molecule has 228 valence electrons. The molecule has 0 spiro atoms. The molecule has 1 saturated heterocycles. The lowest BCUT2D eigenvalue weighted by molar-refractivity contribution is -0.156. The number of aldehydes is 1. The standard InChI is InChI=1S/C26H36BrN5O6.C2H6O/c1-26(2,3)38-23(37)8-7-22(36)32-12-9-17(10-13-32)25(28)24-18(27)5-4-6-19(24)30-15-21(35)31-16-20(34)29-11-14-33;1-3-2/h4-6,14,17,28,30H,7-13,15-16H2,1-3H3,(H,29,34)(H,31,35);1-2H3. The van der Waals surface area contributed by atoms with Gasteiger partial charge in [0.25, 0.3) is 0 Å². The largest absolute Gasteiger partial charge is 0.460 e. The summed E-state index contributed by atoms with van der Waals surface area (Å²) in [6, 6.07) is 5.38. The number of ether oxygens (including phenoxy) is 2. The molecule has 0 aliphatic carbocycles. The van der Waals surface area contributed by atoms with Gasteiger partial charge in [0.05, 0.1) is 26.1 Å². The van der Waals surface area contributed by atoms with Crippen molar-refractivity contribution in [1.29, 1.82) is 5.41 Å². The predicted molar refractivity (Wildman–Crippen MR) is 159 cm³/mol. The number of esters is 1. The molecule has 0 saturated carbocycles. The Labute approximate surface area is 249 Å². The maximum atomic E-state index is 12.6. The Hall–Kier alpha value is -3.32. The van der Waals surface area contributed by atoms with E-state index in [0.29, 0.717) is 53.7 Å². The normalized spacial score (nSPS) is 13.3. The molecule has 2 rings (SSSR count). The molecule has 1 aliphatic heterocycles. The fraction of sp³-hybridized carbons (Fsp3) is 0.571. The number of carbonyl (C=O) groups excluding carboxylic acids is 5. The molecular formula is C28H42BrN5O7. The summed E-state index contributed by atoms with van der Waals surface area (Å²) in [5, 5.41) is 16.7. The number of methoxy groups -OCH3 is 1. The number of hydrogen-bond acceptors (Lipinski definition) is 9. The van der Waals surface area contributed by atoms with Crippen LogP contribution in [0.1, 0.15) is 52.0 Å². The highest BCUT2D eigenvalue weighted by Crippen LogP contribution is 2.31. The number of nitrogens with zero attached hydrogens (tertiary/aromatic N) is 1. The van der Waals surface area contributed by atoms with Crippen LogP contribution in [0, 0.1) is 11.3 Å². The van der Waals surface area contributed by atoms with E-state index in [-0.39, 0.29) is 44.3 Å². The van der Waals surface area contributed by atoms with Crippen molar-refractivity contribution < 1.29 is 33.4 Å². The number of amides is 3. The smallest absolute Gasteiger partial charge is 0.306 e. The molecule has 12 nitrogen and oxygen atoms in total. The fourth-order valence-electron chi connectivity index (χ4n) is 3.96. The molecule has 13 heteroatoms. The van der Waals surface area contributed by atoms with E-state index in [4.69, 9.17) is 10.1 Å². The summed E-state index contributed by atoms with van der Waals surface area (Å²) in [7, 11) is 3.25.